The number of allylic oxidation sites excluding steroid dienone is 1. The van der Waals surface area contributed by atoms with Crippen molar-refractivity contribution in [3.05, 3.63) is 12.3 Å². The highest BCUT2D eigenvalue weighted by atomic mass is 32.2. The average molecular weight is 824 g/mol. The molecule has 0 saturated carbocycles. The Morgan fingerprint density at radius 2 is 1.70 bits per heavy atom. The van der Waals surface area contributed by atoms with Crippen molar-refractivity contribution < 1.29 is 38.1 Å². The molecule has 3 atom stereocenters. The lowest BCUT2D eigenvalue weighted by molar-refractivity contribution is -0.138. The van der Waals surface area contributed by atoms with Gasteiger partial charge in [0.2, 0.25) is 23.6 Å². The molecule has 53 heavy (non-hydrogen) atoms. The van der Waals surface area contributed by atoms with E-state index in [1.54, 1.807) is 25.3 Å². The van der Waals surface area contributed by atoms with E-state index in [9.17, 15) is 28.9 Å². The molecule has 0 radical (unpaired) electrons. The summed E-state index contributed by atoms with van der Waals surface area (Å²) in [5.74, 6) is 0.931. The second-order valence-electron chi connectivity index (χ2n) is 13.7. The number of ether oxygens (including phenoxy) is 1. The van der Waals surface area contributed by atoms with E-state index in [1.165, 1.54) is 47.4 Å². The maximum atomic E-state index is 12.9. The first-order valence-corrected chi connectivity index (χ1v) is 25.6. The molecule has 0 aromatic carbocycles. The lowest BCUT2D eigenvalue weighted by Crippen LogP contribution is -2.36. The number of carbonyl (C=O) groups is 5. The fourth-order valence-corrected chi connectivity index (χ4v) is 8.93. The van der Waals surface area contributed by atoms with Crippen molar-refractivity contribution in [1.82, 2.24) is 20.4 Å². The van der Waals surface area contributed by atoms with E-state index < -0.39 is 13.0 Å². The quantitative estimate of drug-likeness (QED) is 0.0329. The first-order chi connectivity index (χ1) is 25.4. The van der Waals surface area contributed by atoms with Crippen LogP contribution in [0.15, 0.2) is 12.3 Å². The third kappa shape index (κ3) is 25.5. The summed E-state index contributed by atoms with van der Waals surface area (Å²) in [6.07, 6.45) is 13.2. The second-order valence-corrected chi connectivity index (χ2v) is 20.4. The van der Waals surface area contributed by atoms with Gasteiger partial charge in [0.1, 0.15) is 26.2 Å². The summed E-state index contributed by atoms with van der Waals surface area (Å²) in [6, 6.07) is 0. The third-order valence-electron chi connectivity index (χ3n) is 8.55. The number of aldehydes is 1. The molecule has 0 spiro atoms. The number of unbranched alkanes of at least 4 members (excludes halogenated alkanes) is 7. The van der Waals surface area contributed by atoms with Crippen LogP contribution in [0, 0.1) is 0 Å². The van der Waals surface area contributed by atoms with E-state index in [2.05, 4.69) is 23.9 Å². The van der Waals surface area contributed by atoms with Crippen molar-refractivity contribution in [1.29, 1.82) is 0 Å². The second kappa shape index (κ2) is 30.9. The van der Waals surface area contributed by atoms with Crippen molar-refractivity contribution in [2.45, 2.75) is 100 Å². The van der Waals surface area contributed by atoms with Crippen LogP contribution in [-0.4, -0.2) is 146 Å². The van der Waals surface area contributed by atoms with Gasteiger partial charge in [-0.2, -0.15) is 0 Å². The number of imide groups is 1. The summed E-state index contributed by atoms with van der Waals surface area (Å²) in [4.78, 5) is 74.4. The van der Waals surface area contributed by atoms with E-state index in [1.807, 2.05) is 0 Å². The lowest BCUT2D eigenvalue weighted by atomic mass is 10.2. The Labute approximate surface area is 330 Å². The molecular formula is C37H69N4O8P2S2+. The molecule has 1 heterocycles. The highest BCUT2D eigenvalue weighted by molar-refractivity contribution is 8.00. The van der Waals surface area contributed by atoms with Crippen LogP contribution in [0.5, 0.6) is 0 Å². The molecule has 4 amide bonds. The maximum Gasteiger partial charge on any atom is 0.265 e. The van der Waals surface area contributed by atoms with Gasteiger partial charge in [-0.15, -0.1) is 32.1 Å². The van der Waals surface area contributed by atoms with Crippen LogP contribution in [0.3, 0.4) is 0 Å². The number of hydrogen-bond donors (Lipinski definition) is 3. The van der Waals surface area contributed by atoms with Crippen LogP contribution in [0.1, 0.15) is 89.9 Å². The molecule has 3 unspecified atom stereocenters. The van der Waals surface area contributed by atoms with E-state index in [0.717, 1.165) is 71.9 Å². The number of rotatable bonds is 35. The summed E-state index contributed by atoms with van der Waals surface area (Å²) in [6.45, 7) is 13.6. The van der Waals surface area contributed by atoms with Gasteiger partial charge in [-0.3, -0.25) is 24.1 Å². The molecule has 0 aromatic heterocycles. The van der Waals surface area contributed by atoms with Crippen molar-refractivity contribution in [2.24, 2.45) is 0 Å². The number of thioether (sulfide) groups is 2. The SMILES string of the molecule is C=C(CCSC1CC(=O)N(CCCCCOCCCCCN(C)C(=O)C(CC=O)SCCC(=O)NCCCCCCPC)C1=O)NCCO[P+](C)(C)O. The summed E-state index contributed by atoms with van der Waals surface area (Å²) in [7, 11) is 0.534. The molecule has 1 fully saturated rings. The van der Waals surface area contributed by atoms with E-state index in [-0.39, 0.29) is 41.7 Å². The predicted octanol–water partition coefficient (Wildman–Crippen LogP) is 5.34. The third-order valence-corrected chi connectivity index (χ3v) is 12.7. The molecule has 0 bridgehead atoms. The molecule has 306 valence electrons. The minimum Gasteiger partial charge on any atom is -0.386 e. The summed E-state index contributed by atoms with van der Waals surface area (Å²) >= 11 is 2.88. The number of nitrogens with one attached hydrogen (secondary N) is 2. The Bertz CT molecular complexity index is 1090. The zero-order valence-corrected chi connectivity index (χ0v) is 36.4. The summed E-state index contributed by atoms with van der Waals surface area (Å²) in [5.41, 5.74) is 0.842. The first-order valence-electron chi connectivity index (χ1n) is 19.3. The Morgan fingerprint density at radius 3 is 2.40 bits per heavy atom. The van der Waals surface area contributed by atoms with Crippen molar-refractivity contribution in [3.63, 3.8) is 0 Å². The van der Waals surface area contributed by atoms with Crippen LogP contribution in [0.2, 0.25) is 0 Å². The van der Waals surface area contributed by atoms with Gasteiger partial charge in [-0.25, -0.2) is 9.42 Å². The van der Waals surface area contributed by atoms with Gasteiger partial charge < -0.3 is 25.1 Å². The fraction of sp³-hybridized carbons (Fsp3) is 0.811. The molecule has 0 aliphatic carbocycles. The highest BCUT2D eigenvalue weighted by Gasteiger charge is 2.38. The van der Waals surface area contributed by atoms with Crippen LogP contribution in [0.4, 0.5) is 0 Å². The van der Waals surface area contributed by atoms with Gasteiger partial charge in [-0.05, 0) is 76.4 Å². The Kier molecular flexibility index (Phi) is 29.0. The van der Waals surface area contributed by atoms with Gasteiger partial charge in [0.15, 0.2) is 0 Å². The van der Waals surface area contributed by atoms with Crippen LogP contribution < -0.4 is 10.6 Å². The number of likely N-dealkylation sites (tertiary alicyclic amines) is 1. The van der Waals surface area contributed by atoms with E-state index in [0.29, 0.717) is 70.3 Å². The molecule has 1 aliphatic heterocycles. The topological polar surface area (TPSA) is 155 Å². The number of amides is 4. The minimum atomic E-state index is -2.25. The number of carbonyl (C=O) groups excluding carboxylic acids is 5. The van der Waals surface area contributed by atoms with Crippen molar-refractivity contribution >= 4 is 69.7 Å². The number of hydrogen-bond acceptors (Lipinski definition) is 11. The normalized spacial score (nSPS) is 15.3. The maximum absolute atomic E-state index is 12.9. The molecule has 1 rings (SSSR count). The Balaban J connectivity index is 2.09. The molecule has 3 N–H and O–H groups in total. The first kappa shape index (κ1) is 49.7. The summed E-state index contributed by atoms with van der Waals surface area (Å²) in [5, 5.41) is 5.34. The standard InChI is InChI=1S/C37H68N4O8P2S2/c1-31(38-20-26-49-51(4,5)47)17-28-53-33-30-35(44)41(37(33)46)22-12-9-14-25-48-24-13-8-11-21-40(2)36(45)32(16-23-42)52-29-18-34(43)39-19-10-6-7-15-27-50-3/h23,32-33,38,47,50H,1,6-22,24-30H2,2-5H3/p+1. The average Bonchev–Trinajstić information content (AvgIpc) is 3.38. The van der Waals surface area contributed by atoms with E-state index >= 15 is 0 Å². The van der Waals surface area contributed by atoms with Gasteiger partial charge >= 0.3 is 0 Å². The largest absolute Gasteiger partial charge is 0.386 e. The van der Waals surface area contributed by atoms with Gasteiger partial charge in [-0.1, -0.05) is 19.4 Å². The molecule has 0 aromatic rings. The molecule has 16 heteroatoms. The minimum absolute atomic E-state index is 0.00348. The smallest absolute Gasteiger partial charge is 0.265 e. The van der Waals surface area contributed by atoms with Gasteiger partial charge in [0, 0.05) is 77.2 Å². The highest BCUT2D eigenvalue weighted by Crippen LogP contribution is 2.46. The Morgan fingerprint density at radius 1 is 1.00 bits per heavy atom. The molecule has 12 nitrogen and oxygen atoms in total. The molecule has 1 saturated heterocycles. The fourth-order valence-electron chi connectivity index (χ4n) is 5.48. The van der Waals surface area contributed by atoms with E-state index in [4.69, 9.17) is 9.26 Å². The Hall–Kier alpha value is -1.27. The van der Waals surface area contributed by atoms with Crippen molar-refractivity contribution in [3.8, 4) is 0 Å². The van der Waals surface area contributed by atoms with Gasteiger partial charge in [0.25, 0.3) is 7.72 Å². The molecular weight excluding hydrogens is 755 g/mol. The molecule has 1 aliphatic rings. The van der Waals surface area contributed by atoms with Crippen LogP contribution in [0.25, 0.3) is 0 Å². The zero-order valence-electron chi connectivity index (χ0n) is 32.9. The van der Waals surface area contributed by atoms with Crippen molar-refractivity contribution in [2.75, 3.05) is 90.7 Å². The lowest BCUT2D eigenvalue weighted by Gasteiger charge is -2.22. The van der Waals surface area contributed by atoms with Crippen LogP contribution in [-0.2, 0) is 33.2 Å². The van der Waals surface area contributed by atoms with Gasteiger partial charge in [0.05, 0.1) is 10.5 Å². The monoisotopic (exact) mass is 823 g/mol. The zero-order chi connectivity index (χ0) is 39.3. The summed E-state index contributed by atoms with van der Waals surface area (Å²) < 4.78 is 11.1. The van der Waals surface area contributed by atoms with Crippen LogP contribution >= 0.6 is 39.8 Å². The number of nitrogens with zero attached hydrogens (tertiary/aromatic N) is 2. The predicted molar refractivity (Wildman–Crippen MR) is 225 cm³/mol.